The normalized spacial score (nSPS) is 28.8. The quantitative estimate of drug-likeness (QED) is 0.831. The molecule has 0 saturated carbocycles. The third-order valence-electron chi connectivity index (χ3n) is 4.55. The largest absolute Gasteiger partial charge is 0.355 e. The number of carbonyl (C=O) groups is 2. The predicted octanol–water partition coefficient (Wildman–Crippen LogP) is 2.37. The van der Waals surface area contributed by atoms with E-state index in [4.69, 9.17) is 0 Å². The van der Waals surface area contributed by atoms with Crippen LogP contribution in [0.5, 0.6) is 0 Å². The van der Waals surface area contributed by atoms with E-state index in [0.29, 0.717) is 11.5 Å². The van der Waals surface area contributed by atoms with Crippen LogP contribution in [0, 0.1) is 11.3 Å². The van der Waals surface area contributed by atoms with Crippen LogP contribution in [0.1, 0.15) is 42.6 Å². The van der Waals surface area contributed by atoms with Gasteiger partial charge in [-0.3, -0.25) is 9.59 Å². The van der Waals surface area contributed by atoms with E-state index < -0.39 is 0 Å². The lowest BCUT2D eigenvalue weighted by Crippen LogP contribution is -2.36. The van der Waals surface area contributed by atoms with E-state index in [1.807, 2.05) is 19.1 Å². The first-order valence-electron chi connectivity index (χ1n) is 6.33. The Kier molecular flexibility index (Phi) is 3.24. The first kappa shape index (κ1) is 12.8. The molecule has 1 aromatic carbocycles. The lowest BCUT2D eigenvalue weighted by Gasteiger charge is -2.33. The van der Waals surface area contributed by atoms with E-state index in [-0.39, 0.29) is 17.2 Å². The molecule has 1 fully saturated rings. The summed E-state index contributed by atoms with van der Waals surface area (Å²) >= 11 is 0. The van der Waals surface area contributed by atoms with Crippen molar-refractivity contribution in [3.63, 3.8) is 0 Å². The van der Waals surface area contributed by atoms with Crippen LogP contribution in [-0.2, 0) is 4.79 Å². The number of amides is 1. The zero-order valence-electron chi connectivity index (χ0n) is 11.1. The molecule has 96 valence electrons. The Bertz CT molecular complexity index is 466. The molecule has 0 bridgehead atoms. The van der Waals surface area contributed by atoms with Gasteiger partial charge in [0.15, 0.2) is 0 Å². The average molecular weight is 245 g/mol. The molecule has 0 spiro atoms. The first-order chi connectivity index (χ1) is 8.50. The van der Waals surface area contributed by atoms with Crippen molar-refractivity contribution in [2.45, 2.75) is 26.7 Å². The maximum Gasteiger partial charge on any atom is 0.226 e. The van der Waals surface area contributed by atoms with Crippen LogP contribution in [0.4, 0.5) is 0 Å². The van der Waals surface area contributed by atoms with Gasteiger partial charge in [0.05, 0.1) is 5.41 Å². The van der Waals surface area contributed by atoms with Crippen molar-refractivity contribution in [1.29, 1.82) is 0 Å². The van der Waals surface area contributed by atoms with Gasteiger partial charge >= 0.3 is 0 Å². The summed E-state index contributed by atoms with van der Waals surface area (Å²) in [5, 5.41) is 2.94. The Morgan fingerprint density at radius 3 is 2.44 bits per heavy atom. The second-order valence-corrected chi connectivity index (χ2v) is 5.40. The Morgan fingerprint density at radius 1 is 1.39 bits per heavy atom. The number of carbonyl (C=O) groups excluding carboxylic acids is 2. The van der Waals surface area contributed by atoms with Crippen LogP contribution in [0.3, 0.4) is 0 Å². The Morgan fingerprint density at radius 2 is 2.00 bits per heavy atom. The molecule has 2 rings (SSSR count). The molecule has 3 heteroatoms. The first-order valence-corrected chi connectivity index (χ1v) is 6.33. The van der Waals surface area contributed by atoms with Crippen LogP contribution in [-0.4, -0.2) is 18.7 Å². The number of nitrogens with one attached hydrogen (secondary N) is 1. The maximum atomic E-state index is 12.1. The van der Waals surface area contributed by atoms with E-state index in [0.717, 1.165) is 18.4 Å². The fourth-order valence-corrected chi connectivity index (χ4v) is 2.70. The van der Waals surface area contributed by atoms with Crippen molar-refractivity contribution in [2.24, 2.45) is 11.3 Å². The number of hydrogen-bond donors (Lipinski definition) is 1. The van der Waals surface area contributed by atoms with Gasteiger partial charge in [-0.05, 0) is 24.3 Å². The monoisotopic (exact) mass is 245 g/mol. The van der Waals surface area contributed by atoms with E-state index in [1.165, 1.54) is 0 Å². The lowest BCUT2D eigenvalue weighted by molar-refractivity contribution is -0.128. The van der Waals surface area contributed by atoms with Crippen molar-refractivity contribution < 1.29 is 9.59 Å². The minimum Gasteiger partial charge on any atom is -0.355 e. The van der Waals surface area contributed by atoms with Gasteiger partial charge in [-0.1, -0.05) is 38.1 Å². The van der Waals surface area contributed by atoms with E-state index >= 15 is 0 Å². The van der Waals surface area contributed by atoms with Crippen molar-refractivity contribution >= 4 is 12.2 Å². The molecular weight excluding hydrogens is 226 g/mol. The summed E-state index contributed by atoms with van der Waals surface area (Å²) in [6.07, 6.45) is 0.834. The van der Waals surface area contributed by atoms with Crippen LogP contribution >= 0.6 is 0 Å². The summed E-state index contributed by atoms with van der Waals surface area (Å²) < 4.78 is 0. The second-order valence-electron chi connectivity index (χ2n) is 5.40. The minimum absolute atomic E-state index is 0.127. The van der Waals surface area contributed by atoms with Crippen LogP contribution in [0.2, 0.25) is 0 Å². The number of rotatable bonds is 3. The maximum absolute atomic E-state index is 12.1. The minimum atomic E-state index is -0.372. The molecule has 0 unspecified atom stereocenters. The summed E-state index contributed by atoms with van der Waals surface area (Å²) in [6, 6.07) is 7.50. The van der Waals surface area contributed by atoms with Crippen molar-refractivity contribution in [3.05, 3.63) is 35.4 Å². The highest BCUT2D eigenvalue weighted by molar-refractivity contribution is 5.86. The molecule has 3 atom stereocenters. The molecule has 0 aromatic heterocycles. The Labute approximate surface area is 108 Å². The lowest BCUT2D eigenvalue weighted by atomic mass is 9.68. The van der Waals surface area contributed by atoms with Crippen molar-refractivity contribution in [1.82, 2.24) is 5.32 Å². The molecule has 3 nitrogen and oxygen atoms in total. The summed E-state index contributed by atoms with van der Waals surface area (Å²) in [7, 11) is 0. The second kappa shape index (κ2) is 4.56. The molecule has 1 aromatic rings. The highest BCUT2D eigenvalue weighted by Gasteiger charge is 2.48. The summed E-state index contributed by atoms with van der Waals surface area (Å²) in [5.74, 6) is 0.573. The van der Waals surface area contributed by atoms with E-state index in [1.54, 1.807) is 12.1 Å². The van der Waals surface area contributed by atoms with Gasteiger partial charge in [-0.2, -0.15) is 0 Å². The molecule has 1 N–H and O–H groups in total. The van der Waals surface area contributed by atoms with Crippen LogP contribution in [0.15, 0.2) is 24.3 Å². The zero-order valence-corrected chi connectivity index (χ0v) is 11.1. The van der Waals surface area contributed by atoms with Crippen LogP contribution < -0.4 is 5.32 Å². The molecular formula is C15H19NO2. The van der Waals surface area contributed by atoms with E-state index in [9.17, 15) is 9.59 Å². The molecule has 1 aliphatic heterocycles. The topological polar surface area (TPSA) is 46.2 Å². The van der Waals surface area contributed by atoms with Gasteiger partial charge in [-0.15, -0.1) is 0 Å². The van der Waals surface area contributed by atoms with Gasteiger partial charge in [0.1, 0.15) is 6.29 Å². The van der Waals surface area contributed by atoms with E-state index in [2.05, 4.69) is 19.2 Å². The van der Waals surface area contributed by atoms with Crippen molar-refractivity contribution in [3.8, 4) is 0 Å². The van der Waals surface area contributed by atoms with Crippen molar-refractivity contribution in [2.75, 3.05) is 6.54 Å². The average Bonchev–Trinajstić information content (AvgIpc) is 2.67. The standard InChI is InChI=1S/C15H19NO2/c1-10-8-16-14(18)15(10,3)11(2)13-6-4-12(9-17)5-7-13/h4-7,9-11H,8H2,1-3H3,(H,16,18)/t10-,11+,15-/m0/s1. The molecule has 18 heavy (non-hydrogen) atoms. The Hall–Kier alpha value is -1.64. The van der Waals surface area contributed by atoms with Gasteiger partial charge < -0.3 is 5.32 Å². The fraction of sp³-hybridized carbons (Fsp3) is 0.467. The highest BCUT2D eigenvalue weighted by atomic mass is 16.2. The predicted molar refractivity (Wildman–Crippen MR) is 70.5 cm³/mol. The van der Waals surface area contributed by atoms with Gasteiger partial charge in [-0.25, -0.2) is 0 Å². The van der Waals surface area contributed by atoms with Gasteiger partial charge in [0.25, 0.3) is 0 Å². The molecule has 1 aliphatic rings. The fourth-order valence-electron chi connectivity index (χ4n) is 2.70. The third-order valence-corrected chi connectivity index (χ3v) is 4.55. The third kappa shape index (κ3) is 1.84. The molecule has 0 aliphatic carbocycles. The zero-order chi connectivity index (χ0) is 13.3. The number of hydrogen-bond acceptors (Lipinski definition) is 2. The molecule has 1 heterocycles. The number of aldehydes is 1. The Balaban J connectivity index is 2.32. The summed E-state index contributed by atoms with van der Waals surface area (Å²) in [5.41, 5.74) is 1.40. The summed E-state index contributed by atoms with van der Waals surface area (Å²) in [6.45, 7) is 6.95. The smallest absolute Gasteiger partial charge is 0.226 e. The molecule has 1 amide bonds. The SMILES string of the molecule is C[C@H](c1ccc(C=O)cc1)[C@@]1(C)C(=O)NC[C@@H]1C. The molecule has 1 saturated heterocycles. The van der Waals surface area contributed by atoms with Crippen LogP contribution in [0.25, 0.3) is 0 Å². The highest BCUT2D eigenvalue weighted by Crippen LogP contribution is 2.44. The van der Waals surface area contributed by atoms with Gasteiger partial charge in [0, 0.05) is 12.1 Å². The number of benzene rings is 1. The summed E-state index contributed by atoms with van der Waals surface area (Å²) in [4.78, 5) is 22.7. The molecule has 0 radical (unpaired) electrons. The van der Waals surface area contributed by atoms with Gasteiger partial charge in [0.2, 0.25) is 5.91 Å².